The van der Waals surface area contributed by atoms with Gasteiger partial charge in [0, 0.05) is 24.4 Å². The number of phenols is 1. The largest absolute Gasteiger partial charge is 0.508 e. The Hall–Kier alpha value is -2.69. The third-order valence-electron chi connectivity index (χ3n) is 3.31. The molecule has 1 amide bonds. The van der Waals surface area contributed by atoms with E-state index in [1.165, 1.54) is 11.0 Å². The van der Waals surface area contributed by atoms with Crippen LogP contribution in [0.15, 0.2) is 42.5 Å². The fraction of sp³-hybridized carbons (Fsp3) is 0.188. The van der Waals surface area contributed by atoms with Crippen LogP contribution < -0.4 is 14.4 Å². The first-order valence-corrected chi connectivity index (χ1v) is 6.62. The normalized spacial score (nSPS) is 12.8. The van der Waals surface area contributed by atoms with Crippen molar-refractivity contribution in [3.63, 3.8) is 0 Å². The van der Waals surface area contributed by atoms with Crippen molar-refractivity contribution in [2.24, 2.45) is 0 Å². The topological polar surface area (TPSA) is 59.0 Å². The maximum atomic E-state index is 12.5. The van der Waals surface area contributed by atoms with Gasteiger partial charge < -0.3 is 19.5 Å². The van der Waals surface area contributed by atoms with Gasteiger partial charge in [-0.15, -0.1) is 0 Å². The zero-order chi connectivity index (χ0) is 14.8. The van der Waals surface area contributed by atoms with Crippen molar-refractivity contribution in [1.29, 1.82) is 0 Å². The lowest BCUT2D eigenvalue weighted by molar-refractivity contribution is 0.0991. The van der Waals surface area contributed by atoms with Crippen LogP contribution in [0, 0.1) is 0 Å². The molecule has 0 atom stereocenters. The van der Waals surface area contributed by atoms with E-state index in [9.17, 15) is 9.90 Å². The van der Waals surface area contributed by atoms with E-state index in [0.29, 0.717) is 36.0 Å². The third kappa shape index (κ3) is 2.63. The molecule has 2 aromatic rings. The molecule has 0 aromatic heterocycles. The van der Waals surface area contributed by atoms with Crippen LogP contribution in [0.1, 0.15) is 10.4 Å². The molecule has 0 unspecified atom stereocenters. The zero-order valence-corrected chi connectivity index (χ0v) is 11.6. The van der Waals surface area contributed by atoms with Gasteiger partial charge in [0.2, 0.25) is 0 Å². The average Bonchev–Trinajstić information content (AvgIpc) is 2.53. The number of amides is 1. The number of benzene rings is 2. The highest BCUT2D eigenvalue weighted by Gasteiger charge is 2.18. The first-order valence-electron chi connectivity index (χ1n) is 6.62. The summed E-state index contributed by atoms with van der Waals surface area (Å²) in [4.78, 5) is 14.0. The van der Waals surface area contributed by atoms with Crippen LogP contribution in [0.4, 0.5) is 5.69 Å². The number of anilines is 1. The monoisotopic (exact) mass is 285 g/mol. The van der Waals surface area contributed by atoms with Gasteiger partial charge in [-0.05, 0) is 30.3 Å². The number of hydrogen-bond acceptors (Lipinski definition) is 4. The van der Waals surface area contributed by atoms with Gasteiger partial charge in [-0.2, -0.15) is 0 Å². The molecule has 1 N–H and O–H groups in total. The summed E-state index contributed by atoms with van der Waals surface area (Å²) in [5.41, 5.74) is 1.12. The zero-order valence-electron chi connectivity index (χ0n) is 11.6. The van der Waals surface area contributed by atoms with E-state index in [4.69, 9.17) is 9.47 Å². The predicted molar refractivity (Wildman–Crippen MR) is 78.3 cm³/mol. The molecule has 5 heteroatoms. The summed E-state index contributed by atoms with van der Waals surface area (Å²) in [5, 5.41) is 9.50. The van der Waals surface area contributed by atoms with Crippen molar-refractivity contribution < 1.29 is 19.4 Å². The Labute approximate surface area is 122 Å². The van der Waals surface area contributed by atoms with Crippen molar-refractivity contribution in [2.75, 3.05) is 25.2 Å². The molecule has 108 valence electrons. The molecule has 5 nitrogen and oxygen atoms in total. The fourth-order valence-electron chi connectivity index (χ4n) is 2.19. The van der Waals surface area contributed by atoms with Crippen LogP contribution in [0.5, 0.6) is 17.2 Å². The maximum Gasteiger partial charge on any atom is 0.258 e. The van der Waals surface area contributed by atoms with E-state index >= 15 is 0 Å². The molecule has 1 heterocycles. The maximum absolute atomic E-state index is 12.5. The first-order chi connectivity index (χ1) is 10.1. The van der Waals surface area contributed by atoms with Crippen molar-refractivity contribution in [3.05, 3.63) is 48.0 Å². The van der Waals surface area contributed by atoms with Gasteiger partial charge in [0.05, 0.1) is 0 Å². The SMILES string of the molecule is CN(C(=O)c1ccc2c(c1)OCCO2)c1cccc(O)c1. The smallest absolute Gasteiger partial charge is 0.258 e. The van der Waals surface area contributed by atoms with Gasteiger partial charge in [0.15, 0.2) is 11.5 Å². The second-order valence-electron chi connectivity index (χ2n) is 4.74. The van der Waals surface area contributed by atoms with Crippen LogP contribution >= 0.6 is 0 Å². The molecule has 0 radical (unpaired) electrons. The molecule has 1 aliphatic heterocycles. The van der Waals surface area contributed by atoms with Gasteiger partial charge in [-0.25, -0.2) is 0 Å². The summed E-state index contributed by atoms with van der Waals surface area (Å²) in [6, 6.07) is 11.7. The van der Waals surface area contributed by atoms with E-state index in [1.54, 1.807) is 43.4 Å². The molecule has 0 fully saturated rings. The lowest BCUT2D eigenvalue weighted by atomic mass is 10.1. The number of carbonyl (C=O) groups excluding carboxylic acids is 1. The Morgan fingerprint density at radius 1 is 1.10 bits per heavy atom. The highest BCUT2D eigenvalue weighted by atomic mass is 16.6. The highest BCUT2D eigenvalue weighted by molar-refractivity contribution is 6.06. The van der Waals surface area contributed by atoms with Gasteiger partial charge in [0.1, 0.15) is 19.0 Å². The molecule has 0 spiro atoms. The number of nitrogens with zero attached hydrogens (tertiary/aromatic N) is 1. The lowest BCUT2D eigenvalue weighted by Crippen LogP contribution is -2.26. The summed E-state index contributed by atoms with van der Waals surface area (Å²) in [6.45, 7) is 0.997. The van der Waals surface area contributed by atoms with Gasteiger partial charge in [-0.1, -0.05) is 6.07 Å². The fourth-order valence-corrected chi connectivity index (χ4v) is 2.19. The number of fused-ring (bicyclic) bond motifs is 1. The Kier molecular flexibility index (Phi) is 3.39. The predicted octanol–water partition coefficient (Wildman–Crippen LogP) is 2.44. The lowest BCUT2D eigenvalue weighted by Gasteiger charge is -2.21. The quantitative estimate of drug-likeness (QED) is 0.920. The van der Waals surface area contributed by atoms with E-state index in [0.717, 1.165) is 0 Å². The van der Waals surface area contributed by atoms with Gasteiger partial charge >= 0.3 is 0 Å². The van der Waals surface area contributed by atoms with E-state index in [-0.39, 0.29) is 11.7 Å². The Bertz CT molecular complexity index is 684. The van der Waals surface area contributed by atoms with Crippen LogP contribution in [-0.4, -0.2) is 31.3 Å². The van der Waals surface area contributed by atoms with Crippen molar-refractivity contribution in [2.45, 2.75) is 0 Å². The third-order valence-corrected chi connectivity index (χ3v) is 3.31. The van der Waals surface area contributed by atoms with Crippen molar-refractivity contribution in [1.82, 2.24) is 0 Å². The van der Waals surface area contributed by atoms with Gasteiger partial charge in [-0.3, -0.25) is 4.79 Å². The molecular formula is C16H15NO4. The molecule has 0 saturated carbocycles. The number of aromatic hydroxyl groups is 1. The van der Waals surface area contributed by atoms with Gasteiger partial charge in [0.25, 0.3) is 5.91 Å². The minimum absolute atomic E-state index is 0.120. The molecule has 21 heavy (non-hydrogen) atoms. The molecule has 0 saturated heterocycles. The Balaban J connectivity index is 1.88. The summed E-state index contributed by atoms with van der Waals surface area (Å²) in [7, 11) is 1.66. The number of rotatable bonds is 2. The molecule has 0 aliphatic carbocycles. The van der Waals surface area contributed by atoms with Crippen LogP contribution in [0.25, 0.3) is 0 Å². The first kappa shape index (κ1) is 13.3. The molecule has 1 aliphatic rings. The molecule has 2 aromatic carbocycles. The molecular weight excluding hydrogens is 270 g/mol. The summed E-state index contributed by atoms with van der Waals surface area (Å²) in [5.74, 6) is 1.17. The summed E-state index contributed by atoms with van der Waals surface area (Å²) < 4.78 is 10.9. The van der Waals surface area contributed by atoms with E-state index in [1.807, 2.05) is 0 Å². The minimum Gasteiger partial charge on any atom is -0.508 e. The second kappa shape index (κ2) is 5.36. The highest BCUT2D eigenvalue weighted by Crippen LogP contribution is 2.31. The van der Waals surface area contributed by atoms with E-state index < -0.39 is 0 Å². The number of ether oxygens (including phenoxy) is 2. The number of phenolic OH excluding ortho intramolecular Hbond substituents is 1. The number of carbonyl (C=O) groups is 1. The summed E-state index contributed by atoms with van der Waals surface area (Å²) >= 11 is 0. The van der Waals surface area contributed by atoms with Crippen molar-refractivity contribution in [3.8, 4) is 17.2 Å². The second-order valence-corrected chi connectivity index (χ2v) is 4.74. The standard InChI is InChI=1S/C16H15NO4/c1-17(12-3-2-4-13(18)10-12)16(19)11-5-6-14-15(9-11)21-8-7-20-14/h2-6,9-10,18H,7-8H2,1H3. The van der Waals surface area contributed by atoms with Crippen molar-refractivity contribution >= 4 is 11.6 Å². The number of hydrogen-bond donors (Lipinski definition) is 1. The Morgan fingerprint density at radius 2 is 1.86 bits per heavy atom. The van der Waals surface area contributed by atoms with E-state index in [2.05, 4.69) is 0 Å². The average molecular weight is 285 g/mol. The minimum atomic E-state index is -0.183. The van der Waals surface area contributed by atoms with Crippen LogP contribution in [0.2, 0.25) is 0 Å². The molecule has 3 rings (SSSR count). The summed E-state index contributed by atoms with van der Waals surface area (Å²) in [6.07, 6.45) is 0. The van der Waals surface area contributed by atoms with Crippen LogP contribution in [-0.2, 0) is 0 Å². The molecule has 0 bridgehead atoms. The van der Waals surface area contributed by atoms with Crippen LogP contribution in [0.3, 0.4) is 0 Å². The Morgan fingerprint density at radius 3 is 2.62 bits per heavy atom.